The van der Waals surface area contributed by atoms with Crippen molar-refractivity contribution < 1.29 is 14.1 Å². The van der Waals surface area contributed by atoms with E-state index in [4.69, 9.17) is 10.3 Å². The van der Waals surface area contributed by atoms with Gasteiger partial charge in [-0.15, -0.1) is 0 Å². The molecule has 8 nitrogen and oxygen atoms in total. The summed E-state index contributed by atoms with van der Waals surface area (Å²) in [7, 11) is 0. The van der Waals surface area contributed by atoms with Crippen LogP contribution in [-0.2, 0) is 0 Å². The van der Waals surface area contributed by atoms with Crippen LogP contribution in [0.4, 0.5) is 4.79 Å². The number of urea groups is 1. The highest BCUT2D eigenvalue weighted by Gasteiger charge is 2.34. The molecule has 3 N–H and O–H groups in total. The van der Waals surface area contributed by atoms with Crippen LogP contribution in [-0.4, -0.2) is 64.7 Å². The van der Waals surface area contributed by atoms with Gasteiger partial charge in [-0.2, -0.15) is 0 Å². The van der Waals surface area contributed by atoms with Gasteiger partial charge in [-0.05, 0) is 45.4 Å². The van der Waals surface area contributed by atoms with E-state index in [1.165, 1.54) is 0 Å². The van der Waals surface area contributed by atoms with Crippen LogP contribution in [0.25, 0.3) is 0 Å². The molecule has 2 saturated heterocycles. The second kappa shape index (κ2) is 7.50. The number of amides is 3. The Kier molecular flexibility index (Phi) is 5.08. The summed E-state index contributed by atoms with van der Waals surface area (Å²) in [6, 6.07) is 2.21. The van der Waals surface area contributed by atoms with E-state index >= 15 is 0 Å². The molecule has 8 heteroatoms. The second-order valence-corrected chi connectivity index (χ2v) is 8.23. The molecule has 3 fully saturated rings. The lowest BCUT2D eigenvalue weighted by molar-refractivity contribution is 0.0850. The molecule has 0 bridgehead atoms. The van der Waals surface area contributed by atoms with Crippen LogP contribution < -0.4 is 11.1 Å². The number of carbonyl (C=O) groups excluding carboxylic acids is 2. The summed E-state index contributed by atoms with van der Waals surface area (Å²) >= 11 is 0. The Morgan fingerprint density at radius 3 is 2.59 bits per heavy atom. The minimum atomic E-state index is -0.187. The smallest absolute Gasteiger partial charge is 0.320 e. The molecule has 2 atom stereocenters. The molecule has 3 amide bonds. The molecule has 0 spiro atoms. The van der Waals surface area contributed by atoms with Gasteiger partial charge in [-0.25, -0.2) is 4.79 Å². The van der Waals surface area contributed by atoms with Crippen LogP contribution in [0.5, 0.6) is 0 Å². The molecule has 27 heavy (non-hydrogen) atoms. The predicted octanol–water partition coefficient (Wildman–Crippen LogP) is 1.68. The number of hydrogen-bond donors (Lipinski definition) is 2. The SMILES string of the molecule is C[C@H]1CC(NC(=O)c2cc(C3CC3)on2)CCN1C(=O)N1CCC(N)CC1. The van der Waals surface area contributed by atoms with Gasteiger partial charge in [-0.1, -0.05) is 5.16 Å². The summed E-state index contributed by atoms with van der Waals surface area (Å²) < 4.78 is 5.27. The van der Waals surface area contributed by atoms with Crippen LogP contribution in [0.2, 0.25) is 0 Å². The van der Waals surface area contributed by atoms with Gasteiger partial charge in [0.1, 0.15) is 5.76 Å². The zero-order valence-electron chi connectivity index (χ0n) is 15.9. The van der Waals surface area contributed by atoms with Gasteiger partial charge in [-0.3, -0.25) is 4.79 Å². The Balaban J connectivity index is 1.28. The Morgan fingerprint density at radius 1 is 1.19 bits per heavy atom. The van der Waals surface area contributed by atoms with Crippen molar-refractivity contribution in [2.24, 2.45) is 5.73 Å². The number of rotatable bonds is 3. The van der Waals surface area contributed by atoms with Gasteiger partial charge in [0.25, 0.3) is 5.91 Å². The van der Waals surface area contributed by atoms with E-state index in [0.29, 0.717) is 18.2 Å². The highest BCUT2D eigenvalue weighted by atomic mass is 16.5. The zero-order valence-corrected chi connectivity index (χ0v) is 15.9. The van der Waals surface area contributed by atoms with Crippen LogP contribution in [0, 0.1) is 0 Å². The Labute approximate surface area is 159 Å². The first-order valence-corrected chi connectivity index (χ1v) is 10.1. The average molecular weight is 375 g/mol. The van der Waals surface area contributed by atoms with Crippen LogP contribution in [0.15, 0.2) is 10.6 Å². The molecule has 1 saturated carbocycles. The van der Waals surface area contributed by atoms with Crippen LogP contribution >= 0.6 is 0 Å². The number of likely N-dealkylation sites (tertiary alicyclic amines) is 2. The number of hydrogen-bond acceptors (Lipinski definition) is 5. The highest BCUT2D eigenvalue weighted by Crippen LogP contribution is 2.40. The highest BCUT2D eigenvalue weighted by molar-refractivity contribution is 5.92. The van der Waals surface area contributed by atoms with Gasteiger partial charge in [0.05, 0.1) is 0 Å². The molecule has 1 aromatic rings. The topological polar surface area (TPSA) is 105 Å². The minimum Gasteiger partial charge on any atom is -0.360 e. The first kappa shape index (κ1) is 18.3. The number of aromatic nitrogens is 1. The van der Waals surface area contributed by atoms with Crippen molar-refractivity contribution in [3.8, 4) is 0 Å². The van der Waals surface area contributed by atoms with Crippen LogP contribution in [0.3, 0.4) is 0 Å². The summed E-state index contributed by atoms with van der Waals surface area (Å²) in [5.74, 6) is 1.07. The molecule has 2 aliphatic heterocycles. The third-order valence-electron chi connectivity index (χ3n) is 6.01. The summed E-state index contributed by atoms with van der Waals surface area (Å²) in [5, 5.41) is 6.96. The summed E-state index contributed by atoms with van der Waals surface area (Å²) in [5.41, 5.74) is 6.29. The fourth-order valence-electron chi connectivity index (χ4n) is 4.08. The number of nitrogens with one attached hydrogen (secondary N) is 1. The van der Waals surface area contributed by atoms with Crippen molar-refractivity contribution >= 4 is 11.9 Å². The zero-order chi connectivity index (χ0) is 19.0. The lowest BCUT2D eigenvalue weighted by Crippen LogP contribution is -2.56. The van der Waals surface area contributed by atoms with Crippen molar-refractivity contribution in [3.63, 3.8) is 0 Å². The van der Waals surface area contributed by atoms with Gasteiger partial charge in [0, 0.05) is 49.7 Å². The predicted molar refractivity (Wildman–Crippen MR) is 99.3 cm³/mol. The fourth-order valence-corrected chi connectivity index (χ4v) is 4.08. The van der Waals surface area contributed by atoms with Crippen LogP contribution in [0.1, 0.15) is 67.6 Å². The normalized spacial score (nSPS) is 26.9. The van der Waals surface area contributed by atoms with E-state index in [0.717, 1.165) is 57.4 Å². The molecule has 3 heterocycles. The van der Waals surface area contributed by atoms with E-state index in [1.54, 1.807) is 6.07 Å². The first-order valence-electron chi connectivity index (χ1n) is 10.1. The largest absolute Gasteiger partial charge is 0.360 e. The Hall–Kier alpha value is -2.09. The summed E-state index contributed by atoms with van der Waals surface area (Å²) in [6.45, 7) is 4.17. The number of nitrogens with two attached hydrogens (primary N) is 1. The lowest BCUT2D eigenvalue weighted by atomic mass is 9.98. The first-order chi connectivity index (χ1) is 13.0. The minimum absolute atomic E-state index is 0.0485. The number of carbonyl (C=O) groups is 2. The van der Waals surface area contributed by atoms with Crippen molar-refractivity contribution in [2.45, 2.75) is 69.5 Å². The van der Waals surface area contributed by atoms with Gasteiger partial charge in [0.2, 0.25) is 0 Å². The van der Waals surface area contributed by atoms with Gasteiger partial charge < -0.3 is 25.4 Å². The fraction of sp³-hybridized carbons (Fsp3) is 0.737. The monoisotopic (exact) mass is 375 g/mol. The maximum Gasteiger partial charge on any atom is 0.320 e. The van der Waals surface area contributed by atoms with E-state index < -0.39 is 0 Å². The quantitative estimate of drug-likeness (QED) is 0.836. The van der Waals surface area contributed by atoms with Crippen molar-refractivity contribution in [3.05, 3.63) is 17.5 Å². The summed E-state index contributed by atoms with van der Waals surface area (Å²) in [4.78, 5) is 29.1. The maximum atomic E-state index is 12.8. The molecule has 0 radical (unpaired) electrons. The lowest BCUT2D eigenvalue weighted by Gasteiger charge is -2.41. The molecule has 0 aromatic carbocycles. The van der Waals surface area contributed by atoms with E-state index in [-0.39, 0.29) is 30.1 Å². The summed E-state index contributed by atoms with van der Waals surface area (Å²) in [6.07, 6.45) is 5.47. The molecule has 3 aliphatic rings. The molecular formula is C19H29N5O3. The third-order valence-corrected chi connectivity index (χ3v) is 6.01. The molecule has 1 unspecified atom stereocenters. The van der Waals surface area contributed by atoms with Crippen molar-refractivity contribution in [1.29, 1.82) is 0 Å². The van der Waals surface area contributed by atoms with Crippen molar-refractivity contribution in [2.75, 3.05) is 19.6 Å². The van der Waals surface area contributed by atoms with E-state index in [9.17, 15) is 9.59 Å². The van der Waals surface area contributed by atoms with Gasteiger partial charge >= 0.3 is 6.03 Å². The number of nitrogens with zero attached hydrogens (tertiary/aromatic N) is 3. The standard InChI is InChI=1S/C19H29N5O3/c1-12-10-15(21-18(25)16-11-17(27-22-16)13-2-3-13)6-9-24(12)19(26)23-7-4-14(20)5-8-23/h11-15H,2-10,20H2,1H3,(H,21,25)/t12-,15?/m0/s1. The van der Waals surface area contributed by atoms with Crippen molar-refractivity contribution in [1.82, 2.24) is 20.3 Å². The molecular weight excluding hydrogens is 346 g/mol. The third kappa shape index (κ3) is 4.10. The molecule has 148 valence electrons. The maximum absolute atomic E-state index is 12.8. The number of piperidine rings is 2. The van der Waals surface area contributed by atoms with Gasteiger partial charge in [0.15, 0.2) is 5.69 Å². The molecule has 4 rings (SSSR count). The van der Waals surface area contributed by atoms with E-state index in [1.807, 2.05) is 16.7 Å². The second-order valence-electron chi connectivity index (χ2n) is 8.23. The Morgan fingerprint density at radius 2 is 1.93 bits per heavy atom. The van der Waals surface area contributed by atoms with E-state index in [2.05, 4.69) is 10.5 Å². The average Bonchev–Trinajstić information content (AvgIpc) is 3.38. The Bertz CT molecular complexity index is 693. The molecule has 1 aliphatic carbocycles. The molecule has 1 aromatic heterocycles.